The molecule has 1 fully saturated rings. The van der Waals surface area contributed by atoms with Crippen molar-refractivity contribution in [2.45, 2.75) is 40.2 Å². The Bertz CT molecular complexity index is 1460. The zero-order valence-corrected chi connectivity index (χ0v) is 20.1. The number of carbonyl (C=O) groups excluding carboxylic acids is 1. The Morgan fingerprint density at radius 3 is 2.44 bits per heavy atom. The number of rotatable bonds is 7. The molecule has 0 unspecified atom stereocenters. The van der Waals surface area contributed by atoms with E-state index in [-0.39, 0.29) is 58.7 Å². The number of sulfone groups is 1. The van der Waals surface area contributed by atoms with Crippen molar-refractivity contribution in [2.24, 2.45) is 5.41 Å². The molecule has 11 heteroatoms. The molecule has 2 aromatic heterocycles. The van der Waals surface area contributed by atoms with E-state index < -0.39 is 38.4 Å². The first-order valence-electron chi connectivity index (χ1n) is 10.8. The smallest absolute Gasteiger partial charge is 0.334 e. The minimum atomic E-state index is -3.17. The summed E-state index contributed by atoms with van der Waals surface area (Å²) in [6, 6.07) is 3.20. The van der Waals surface area contributed by atoms with E-state index in [1.165, 1.54) is 16.7 Å². The second-order valence-corrected chi connectivity index (χ2v) is 11.3. The largest absolute Gasteiger partial charge is 0.478 e. The lowest BCUT2D eigenvalue weighted by Gasteiger charge is -2.37. The minimum absolute atomic E-state index is 0.0812. The van der Waals surface area contributed by atoms with Crippen molar-refractivity contribution in [3.63, 3.8) is 0 Å². The number of ketones is 1. The van der Waals surface area contributed by atoms with Gasteiger partial charge < -0.3 is 4.74 Å². The van der Waals surface area contributed by atoms with Crippen molar-refractivity contribution in [1.29, 1.82) is 0 Å². The van der Waals surface area contributed by atoms with Crippen LogP contribution in [0.2, 0.25) is 0 Å². The van der Waals surface area contributed by atoms with Gasteiger partial charge in [0.15, 0.2) is 21.4 Å². The number of hydrogen-bond acceptors (Lipinski definition) is 6. The predicted octanol–water partition coefficient (Wildman–Crippen LogP) is 3.45. The molecule has 0 radical (unpaired) electrons. The number of aromatic nitrogens is 3. The maximum atomic E-state index is 15.2. The lowest BCUT2D eigenvalue weighted by atomic mass is 9.86. The number of pyridine rings is 1. The van der Waals surface area contributed by atoms with Crippen molar-refractivity contribution in [1.82, 2.24) is 14.1 Å². The molecule has 1 aliphatic heterocycles. The van der Waals surface area contributed by atoms with Crippen LogP contribution in [0.5, 0.6) is 5.88 Å². The van der Waals surface area contributed by atoms with Gasteiger partial charge in [-0.3, -0.25) is 13.9 Å². The van der Waals surface area contributed by atoms with E-state index in [4.69, 9.17) is 4.74 Å². The minimum Gasteiger partial charge on any atom is -0.478 e. The highest BCUT2D eigenvalue weighted by molar-refractivity contribution is 7.92. The van der Waals surface area contributed by atoms with E-state index in [1.54, 1.807) is 27.7 Å². The van der Waals surface area contributed by atoms with Crippen molar-refractivity contribution < 1.29 is 26.7 Å². The van der Waals surface area contributed by atoms with E-state index in [1.807, 2.05) is 0 Å². The van der Waals surface area contributed by atoms with Gasteiger partial charge in [-0.2, -0.15) is 0 Å². The second-order valence-electron chi connectivity index (χ2n) is 9.25. The molecule has 0 amide bonds. The number of hydrogen-bond donors (Lipinski definition) is 0. The zero-order valence-electron chi connectivity index (χ0n) is 19.3. The van der Waals surface area contributed by atoms with Gasteiger partial charge in [0, 0.05) is 30.0 Å². The standard InChI is InChI=1S/C23H25F2N3O5S/c1-5-33-21-8-17(16(25)10-26-21)28-19-7-15(24)14(6-18(19)27(13(2)3)22(28)30)20(29)9-23(4)11-34(31,32)12-23/h6-8,10,13H,5,9,11-12H2,1-4H3. The summed E-state index contributed by atoms with van der Waals surface area (Å²) in [5, 5.41) is 0. The topological polar surface area (TPSA) is 100 Å². The van der Waals surface area contributed by atoms with Gasteiger partial charge in [0.05, 0.1) is 46.6 Å². The third kappa shape index (κ3) is 4.13. The molecule has 0 saturated carbocycles. The quantitative estimate of drug-likeness (QED) is 0.468. The second kappa shape index (κ2) is 8.30. The van der Waals surface area contributed by atoms with E-state index in [9.17, 15) is 22.4 Å². The van der Waals surface area contributed by atoms with Gasteiger partial charge in [0.1, 0.15) is 5.82 Å². The Balaban J connectivity index is 1.88. The van der Waals surface area contributed by atoms with Crippen LogP contribution >= 0.6 is 0 Å². The lowest BCUT2D eigenvalue weighted by molar-refractivity contribution is 0.0932. The Kier molecular flexibility index (Phi) is 5.87. The number of Topliss-reactive ketones (excluding diaryl/α,β-unsaturated/α-hetero) is 1. The monoisotopic (exact) mass is 493 g/mol. The van der Waals surface area contributed by atoms with Gasteiger partial charge >= 0.3 is 5.69 Å². The summed E-state index contributed by atoms with van der Waals surface area (Å²) in [7, 11) is -3.17. The van der Waals surface area contributed by atoms with Crippen LogP contribution in [0, 0.1) is 17.0 Å². The summed E-state index contributed by atoms with van der Waals surface area (Å²) in [4.78, 5) is 30.1. The van der Waals surface area contributed by atoms with Crippen LogP contribution in [-0.4, -0.2) is 46.4 Å². The first-order valence-corrected chi connectivity index (χ1v) is 12.7. The molecule has 1 aliphatic rings. The summed E-state index contributed by atoms with van der Waals surface area (Å²) in [5.74, 6) is -2.39. The highest BCUT2D eigenvalue weighted by Gasteiger charge is 2.46. The summed E-state index contributed by atoms with van der Waals surface area (Å²) in [6.07, 6.45) is 0.783. The van der Waals surface area contributed by atoms with E-state index >= 15 is 4.39 Å². The van der Waals surface area contributed by atoms with E-state index in [2.05, 4.69) is 4.98 Å². The van der Waals surface area contributed by atoms with Crippen LogP contribution in [0.1, 0.15) is 50.5 Å². The average molecular weight is 494 g/mol. The number of halogens is 2. The molecule has 0 aliphatic carbocycles. The van der Waals surface area contributed by atoms with Crippen molar-refractivity contribution in [2.75, 3.05) is 18.1 Å². The number of ether oxygens (including phenoxy) is 1. The van der Waals surface area contributed by atoms with Crippen LogP contribution in [0.4, 0.5) is 8.78 Å². The maximum Gasteiger partial charge on any atom is 0.334 e. The summed E-state index contributed by atoms with van der Waals surface area (Å²) >= 11 is 0. The predicted molar refractivity (Wildman–Crippen MR) is 123 cm³/mol. The first kappa shape index (κ1) is 24.1. The van der Waals surface area contributed by atoms with Crippen molar-refractivity contribution in [3.8, 4) is 11.6 Å². The van der Waals surface area contributed by atoms with Gasteiger partial charge in [-0.15, -0.1) is 0 Å². The first-order chi connectivity index (χ1) is 15.9. The molecule has 8 nitrogen and oxygen atoms in total. The Morgan fingerprint density at radius 2 is 1.85 bits per heavy atom. The highest BCUT2D eigenvalue weighted by Crippen LogP contribution is 2.37. The zero-order chi connectivity index (χ0) is 25.0. The number of benzene rings is 1. The fourth-order valence-corrected chi connectivity index (χ4v) is 6.84. The molecule has 4 rings (SSSR count). The molecule has 3 aromatic rings. The molecule has 1 aromatic carbocycles. The summed E-state index contributed by atoms with van der Waals surface area (Å²) in [5.41, 5.74) is -1.42. The van der Waals surface area contributed by atoms with Crippen LogP contribution in [0.25, 0.3) is 16.7 Å². The number of imidazole rings is 1. The molecular weight excluding hydrogens is 468 g/mol. The Labute approximate surface area is 195 Å². The fraction of sp³-hybridized carbons (Fsp3) is 0.435. The fourth-order valence-electron chi connectivity index (χ4n) is 4.59. The number of carbonyl (C=O) groups is 1. The Morgan fingerprint density at radius 1 is 1.18 bits per heavy atom. The maximum absolute atomic E-state index is 15.2. The molecule has 0 spiro atoms. The number of fused-ring (bicyclic) bond motifs is 1. The van der Waals surface area contributed by atoms with Crippen LogP contribution in [0.15, 0.2) is 29.2 Å². The van der Waals surface area contributed by atoms with E-state index in [0.717, 1.165) is 16.8 Å². The van der Waals surface area contributed by atoms with Gasteiger partial charge in [0.2, 0.25) is 5.88 Å². The van der Waals surface area contributed by atoms with Gasteiger partial charge in [-0.1, -0.05) is 6.92 Å². The molecular formula is C23H25F2N3O5S. The third-order valence-electron chi connectivity index (χ3n) is 5.85. The molecule has 3 heterocycles. The molecule has 1 saturated heterocycles. The molecule has 34 heavy (non-hydrogen) atoms. The Hall–Kier alpha value is -3.08. The van der Waals surface area contributed by atoms with Crippen molar-refractivity contribution in [3.05, 3.63) is 52.1 Å². The van der Waals surface area contributed by atoms with E-state index in [0.29, 0.717) is 0 Å². The van der Waals surface area contributed by atoms with Crippen LogP contribution in [0.3, 0.4) is 0 Å². The molecule has 0 N–H and O–H groups in total. The molecule has 0 atom stereocenters. The summed E-state index contributed by atoms with van der Waals surface area (Å²) in [6.45, 7) is 7.16. The summed E-state index contributed by atoms with van der Waals surface area (Å²) < 4.78 is 60.8. The lowest BCUT2D eigenvalue weighted by Crippen LogP contribution is -2.47. The van der Waals surface area contributed by atoms with Crippen molar-refractivity contribution >= 4 is 26.7 Å². The highest BCUT2D eigenvalue weighted by atomic mass is 32.2. The SMILES string of the molecule is CCOc1cc(-n2c(=O)n(C(C)C)c3cc(C(=O)CC4(C)CS(=O)(=O)C4)c(F)cc32)c(F)cn1. The van der Waals surface area contributed by atoms with Gasteiger partial charge in [-0.05, 0) is 26.8 Å². The molecule has 182 valence electrons. The molecule has 0 bridgehead atoms. The van der Waals surface area contributed by atoms with Crippen LogP contribution < -0.4 is 10.4 Å². The third-order valence-corrected chi connectivity index (χ3v) is 8.12. The number of nitrogens with zero attached hydrogens (tertiary/aromatic N) is 3. The normalized spacial score (nSPS) is 16.6. The van der Waals surface area contributed by atoms with Gasteiger partial charge in [-0.25, -0.2) is 27.0 Å². The van der Waals surface area contributed by atoms with Crippen LogP contribution in [-0.2, 0) is 9.84 Å². The average Bonchev–Trinajstić information content (AvgIpc) is 2.98. The van der Waals surface area contributed by atoms with Gasteiger partial charge in [0.25, 0.3) is 0 Å².